The second kappa shape index (κ2) is 6.11. The molecule has 0 heterocycles. The molecule has 0 saturated heterocycles. The summed E-state index contributed by atoms with van der Waals surface area (Å²) in [4.78, 5) is 0. The van der Waals surface area contributed by atoms with E-state index in [0.717, 1.165) is 24.9 Å². The quantitative estimate of drug-likeness (QED) is 0.254. The first-order valence-corrected chi connectivity index (χ1v) is 6.60. The number of benzene rings is 1. The Morgan fingerprint density at radius 1 is 1.50 bits per heavy atom. The van der Waals surface area contributed by atoms with Crippen LogP contribution in [0, 0.1) is 5.41 Å². The van der Waals surface area contributed by atoms with E-state index in [2.05, 4.69) is 10.5 Å². The maximum Gasteiger partial charge on any atom is 0.173 e. The molecule has 0 unspecified atom stereocenters. The standard InChI is InChI=1S/C14H21N3O3/c1-20-12-6-10(2-3-11(12)13(15)17-19)7-16-8-14(9-18)4-5-14/h2-3,6,16,18-19H,4-5,7-9H2,1H3,(H2,15,17). The van der Waals surface area contributed by atoms with Crippen LogP contribution < -0.4 is 15.8 Å². The Hall–Kier alpha value is -1.79. The molecule has 20 heavy (non-hydrogen) atoms. The third-order valence-corrected chi connectivity index (χ3v) is 3.77. The number of hydrogen-bond acceptors (Lipinski definition) is 5. The number of aliphatic hydroxyl groups is 1. The van der Waals surface area contributed by atoms with E-state index in [1.165, 1.54) is 0 Å². The van der Waals surface area contributed by atoms with Gasteiger partial charge in [0.05, 0.1) is 12.7 Å². The van der Waals surface area contributed by atoms with E-state index in [1.54, 1.807) is 13.2 Å². The summed E-state index contributed by atoms with van der Waals surface area (Å²) in [5.74, 6) is 0.599. The van der Waals surface area contributed by atoms with Crippen LogP contribution in [0.4, 0.5) is 0 Å². The van der Waals surface area contributed by atoms with Crippen molar-refractivity contribution in [2.24, 2.45) is 16.3 Å². The Morgan fingerprint density at radius 3 is 2.80 bits per heavy atom. The largest absolute Gasteiger partial charge is 0.496 e. The average molecular weight is 279 g/mol. The normalized spacial score (nSPS) is 17.0. The molecule has 6 heteroatoms. The van der Waals surface area contributed by atoms with Gasteiger partial charge in [0.25, 0.3) is 0 Å². The molecule has 5 N–H and O–H groups in total. The van der Waals surface area contributed by atoms with Crippen LogP contribution in [-0.4, -0.2) is 36.4 Å². The van der Waals surface area contributed by atoms with E-state index >= 15 is 0 Å². The molecule has 0 aliphatic heterocycles. The highest BCUT2D eigenvalue weighted by Crippen LogP contribution is 2.44. The van der Waals surface area contributed by atoms with Crippen LogP contribution in [0.25, 0.3) is 0 Å². The monoisotopic (exact) mass is 279 g/mol. The van der Waals surface area contributed by atoms with Gasteiger partial charge in [0.2, 0.25) is 0 Å². The molecular formula is C14H21N3O3. The third-order valence-electron chi connectivity index (χ3n) is 3.77. The smallest absolute Gasteiger partial charge is 0.173 e. The Morgan fingerprint density at radius 2 is 2.25 bits per heavy atom. The van der Waals surface area contributed by atoms with Gasteiger partial charge in [-0.2, -0.15) is 0 Å². The SMILES string of the molecule is COc1cc(CNCC2(CO)CC2)ccc1/C(N)=N/O. The van der Waals surface area contributed by atoms with Gasteiger partial charge >= 0.3 is 0 Å². The summed E-state index contributed by atoms with van der Waals surface area (Å²) < 4.78 is 5.25. The van der Waals surface area contributed by atoms with Crippen LogP contribution in [0.1, 0.15) is 24.0 Å². The Labute approximate surface area is 118 Å². The zero-order chi connectivity index (χ0) is 14.6. The fraction of sp³-hybridized carbons (Fsp3) is 0.500. The predicted octanol–water partition coefficient (Wildman–Crippen LogP) is 0.652. The molecule has 0 aromatic heterocycles. The fourth-order valence-corrected chi connectivity index (χ4v) is 2.15. The Bertz CT molecular complexity index is 498. The van der Waals surface area contributed by atoms with Crippen LogP contribution >= 0.6 is 0 Å². The number of oxime groups is 1. The van der Waals surface area contributed by atoms with Crippen molar-refractivity contribution in [3.63, 3.8) is 0 Å². The topological polar surface area (TPSA) is 100 Å². The van der Waals surface area contributed by atoms with Crippen molar-refractivity contribution in [3.8, 4) is 5.75 Å². The van der Waals surface area contributed by atoms with E-state index in [1.807, 2.05) is 12.1 Å². The van der Waals surface area contributed by atoms with Gasteiger partial charge in [-0.15, -0.1) is 0 Å². The fourth-order valence-electron chi connectivity index (χ4n) is 2.15. The van der Waals surface area contributed by atoms with Crippen LogP contribution in [-0.2, 0) is 6.54 Å². The van der Waals surface area contributed by atoms with Crippen LogP contribution in [0.5, 0.6) is 5.75 Å². The molecule has 0 spiro atoms. The van der Waals surface area contributed by atoms with Crippen molar-refractivity contribution in [2.45, 2.75) is 19.4 Å². The highest BCUT2D eigenvalue weighted by Gasteiger charge is 2.41. The van der Waals surface area contributed by atoms with Crippen molar-refractivity contribution >= 4 is 5.84 Å². The van der Waals surface area contributed by atoms with E-state index in [0.29, 0.717) is 17.9 Å². The molecule has 1 aliphatic carbocycles. The van der Waals surface area contributed by atoms with E-state index < -0.39 is 0 Å². The molecule has 1 aromatic carbocycles. The minimum absolute atomic E-state index is 0.0265. The molecule has 0 atom stereocenters. The van der Waals surface area contributed by atoms with Gasteiger partial charge in [-0.25, -0.2) is 0 Å². The molecule has 0 radical (unpaired) electrons. The first-order chi connectivity index (χ1) is 9.64. The van der Waals surface area contributed by atoms with Gasteiger partial charge < -0.3 is 26.1 Å². The lowest BCUT2D eigenvalue weighted by atomic mass is 10.1. The van der Waals surface area contributed by atoms with Crippen LogP contribution in [0.3, 0.4) is 0 Å². The first kappa shape index (κ1) is 14.6. The Balaban J connectivity index is 1.99. The molecule has 0 bridgehead atoms. The van der Waals surface area contributed by atoms with Gasteiger partial charge in [-0.3, -0.25) is 0 Å². The predicted molar refractivity (Wildman–Crippen MR) is 76.0 cm³/mol. The minimum atomic E-state index is 0.0265. The number of amidine groups is 1. The van der Waals surface area contributed by atoms with Crippen molar-refractivity contribution in [1.82, 2.24) is 5.32 Å². The van der Waals surface area contributed by atoms with E-state index in [4.69, 9.17) is 15.7 Å². The summed E-state index contributed by atoms with van der Waals surface area (Å²) in [6, 6.07) is 5.53. The third kappa shape index (κ3) is 3.20. The number of hydrogen-bond donors (Lipinski definition) is 4. The summed E-state index contributed by atoms with van der Waals surface area (Å²) in [5.41, 5.74) is 7.29. The van der Waals surface area contributed by atoms with Gasteiger partial charge in [0, 0.05) is 25.1 Å². The van der Waals surface area contributed by atoms with E-state index in [9.17, 15) is 5.11 Å². The zero-order valence-corrected chi connectivity index (χ0v) is 11.6. The number of aliphatic hydroxyl groups excluding tert-OH is 1. The first-order valence-electron chi connectivity index (χ1n) is 6.60. The van der Waals surface area contributed by atoms with Crippen molar-refractivity contribution in [2.75, 3.05) is 20.3 Å². The second-order valence-electron chi connectivity index (χ2n) is 5.28. The number of rotatable bonds is 7. The van der Waals surface area contributed by atoms with Gasteiger partial charge in [0.1, 0.15) is 5.75 Å². The molecule has 110 valence electrons. The summed E-state index contributed by atoms with van der Waals surface area (Å²) in [6.07, 6.45) is 2.17. The van der Waals surface area contributed by atoms with Crippen molar-refractivity contribution in [1.29, 1.82) is 0 Å². The van der Waals surface area contributed by atoms with Gasteiger partial charge in [-0.1, -0.05) is 11.2 Å². The van der Waals surface area contributed by atoms with Gasteiger partial charge in [-0.05, 0) is 30.5 Å². The van der Waals surface area contributed by atoms with E-state index in [-0.39, 0.29) is 17.9 Å². The molecule has 1 aromatic rings. The lowest BCUT2D eigenvalue weighted by Gasteiger charge is -2.14. The lowest BCUT2D eigenvalue weighted by Crippen LogP contribution is -2.26. The molecule has 0 amide bonds. The highest BCUT2D eigenvalue weighted by atomic mass is 16.5. The minimum Gasteiger partial charge on any atom is -0.496 e. The molecule has 2 rings (SSSR count). The zero-order valence-electron chi connectivity index (χ0n) is 11.6. The number of nitrogens with two attached hydrogens (primary N) is 1. The number of methoxy groups -OCH3 is 1. The number of nitrogens with zero attached hydrogens (tertiary/aromatic N) is 1. The second-order valence-corrected chi connectivity index (χ2v) is 5.28. The lowest BCUT2D eigenvalue weighted by molar-refractivity contribution is 0.207. The highest BCUT2D eigenvalue weighted by molar-refractivity contribution is 5.99. The molecule has 1 saturated carbocycles. The van der Waals surface area contributed by atoms with Crippen LogP contribution in [0.15, 0.2) is 23.4 Å². The maximum absolute atomic E-state index is 9.25. The molecular weight excluding hydrogens is 258 g/mol. The van der Waals surface area contributed by atoms with Crippen molar-refractivity contribution in [3.05, 3.63) is 29.3 Å². The molecule has 1 fully saturated rings. The number of nitrogens with one attached hydrogen (secondary N) is 1. The summed E-state index contributed by atoms with van der Waals surface area (Å²) in [6.45, 7) is 1.74. The summed E-state index contributed by atoms with van der Waals surface area (Å²) >= 11 is 0. The van der Waals surface area contributed by atoms with Crippen molar-refractivity contribution < 1.29 is 15.1 Å². The number of ether oxygens (including phenoxy) is 1. The Kier molecular flexibility index (Phi) is 4.46. The van der Waals surface area contributed by atoms with Crippen LogP contribution in [0.2, 0.25) is 0 Å². The van der Waals surface area contributed by atoms with Gasteiger partial charge in [0.15, 0.2) is 5.84 Å². The summed E-state index contributed by atoms with van der Waals surface area (Å²) in [7, 11) is 1.55. The average Bonchev–Trinajstić information content (AvgIpc) is 3.26. The summed E-state index contributed by atoms with van der Waals surface area (Å²) in [5, 5.41) is 24.3. The maximum atomic E-state index is 9.25. The molecule has 1 aliphatic rings. The molecule has 6 nitrogen and oxygen atoms in total.